The quantitative estimate of drug-likeness (QED) is 0.112. The second kappa shape index (κ2) is 19.7. The predicted molar refractivity (Wildman–Crippen MR) is 192 cm³/mol. The molecule has 0 saturated carbocycles. The van der Waals surface area contributed by atoms with Gasteiger partial charge in [-0.2, -0.15) is 5.26 Å². The SMILES string of the molecule is CCC(C)C(NC(=O)C(CC(=O)OCc1ccccc1)CC(C)C)C(=O)C(=O)NC(CC#N)C(=O)CC(Cc1ccc2ccccc2c1)C(N)=O. The molecular formula is C40H48N4O7. The van der Waals surface area contributed by atoms with Gasteiger partial charge in [-0.3, -0.25) is 28.8 Å². The number of nitrogens with zero attached hydrogens (tertiary/aromatic N) is 1. The maximum absolute atomic E-state index is 13.6. The third kappa shape index (κ3) is 12.5. The molecule has 5 atom stereocenters. The van der Waals surface area contributed by atoms with E-state index < -0.39 is 71.5 Å². The molecule has 270 valence electrons. The van der Waals surface area contributed by atoms with Gasteiger partial charge in [0.15, 0.2) is 5.78 Å². The van der Waals surface area contributed by atoms with Crippen LogP contribution in [0.3, 0.4) is 0 Å². The summed E-state index contributed by atoms with van der Waals surface area (Å²) in [5.74, 6) is -6.82. The Kier molecular flexibility index (Phi) is 15.5. The molecule has 5 unspecified atom stereocenters. The molecule has 4 N–H and O–H groups in total. The highest BCUT2D eigenvalue weighted by Gasteiger charge is 2.36. The molecule has 0 fully saturated rings. The molecule has 3 amide bonds. The lowest BCUT2D eigenvalue weighted by Gasteiger charge is -2.26. The van der Waals surface area contributed by atoms with Crippen molar-refractivity contribution in [1.29, 1.82) is 5.26 Å². The molecule has 0 aromatic heterocycles. The number of nitriles is 1. The van der Waals surface area contributed by atoms with Gasteiger partial charge in [0.05, 0.1) is 25.0 Å². The molecule has 11 heteroatoms. The summed E-state index contributed by atoms with van der Waals surface area (Å²) < 4.78 is 5.39. The van der Waals surface area contributed by atoms with Crippen LogP contribution in [0, 0.1) is 35.0 Å². The molecule has 0 aliphatic heterocycles. The highest BCUT2D eigenvalue weighted by Crippen LogP contribution is 2.22. The van der Waals surface area contributed by atoms with E-state index in [-0.39, 0.29) is 31.8 Å². The monoisotopic (exact) mass is 696 g/mol. The molecule has 0 bridgehead atoms. The van der Waals surface area contributed by atoms with E-state index in [1.807, 2.05) is 92.7 Å². The van der Waals surface area contributed by atoms with Gasteiger partial charge in [0.25, 0.3) is 5.91 Å². The second-order valence-corrected chi connectivity index (χ2v) is 13.5. The van der Waals surface area contributed by atoms with Crippen LogP contribution in [0.15, 0.2) is 72.8 Å². The Bertz CT molecular complexity index is 1730. The van der Waals surface area contributed by atoms with E-state index in [2.05, 4.69) is 10.6 Å². The van der Waals surface area contributed by atoms with Crippen molar-refractivity contribution >= 4 is 46.0 Å². The van der Waals surface area contributed by atoms with Gasteiger partial charge in [-0.15, -0.1) is 0 Å². The molecule has 3 rings (SSSR count). The van der Waals surface area contributed by atoms with Gasteiger partial charge in [0.1, 0.15) is 12.6 Å². The Morgan fingerprint density at radius 2 is 1.49 bits per heavy atom. The average molecular weight is 697 g/mol. The van der Waals surface area contributed by atoms with Crippen LogP contribution >= 0.6 is 0 Å². The van der Waals surface area contributed by atoms with Gasteiger partial charge in [-0.25, -0.2) is 0 Å². The highest BCUT2D eigenvalue weighted by atomic mass is 16.5. The summed E-state index contributed by atoms with van der Waals surface area (Å²) in [5.41, 5.74) is 7.25. The highest BCUT2D eigenvalue weighted by molar-refractivity contribution is 6.39. The van der Waals surface area contributed by atoms with Gasteiger partial charge in [0, 0.05) is 18.3 Å². The molecule has 3 aromatic carbocycles. The van der Waals surface area contributed by atoms with Crippen LogP contribution in [0.1, 0.15) is 70.9 Å². The molecule has 0 radical (unpaired) electrons. The smallest absolute Gasteiger partial charge is 0.306 e. The third-order valence-corrected chi connectivity index (χ3v) is 8.93. The Balaban J connectivity index is 1.69. The zero-order valence-corrected chi connectivity index (χ0v) is 29.7. The third-order valence-electron chi connectivity index (χ3n) is 8.93. The number of ether oxygens (including phenoxy) is 1. The number of hydrogen-bond donors (Lipinski definition) is 3. The number of carbonyl (C=O) groups is 6. The van der Waals surface area contributed by atoms with E-state index >= 15 is 0 Å². The molecular weight excluding hydrogens is 648 g/mol. The van der Waals surface area contributed by atoms with Crippen molar-refractivity contribution in [3.05, 3.63) is 83.9 Å². The standard InChI is InChI=1S/C40H48N4O7/c1-5-26(4)36(44-39(49)32(19-25(2)3)23-35(46)51-24-27-11-7-6-8-12-27)37(47)40(50)43-33(17-18-41)34(45)22-31(38(42)48)21-28-15-16-29-13-9-10-14-30(29)20-28/h6-16,20,25-26,31-33,36H,5,17,19,21-24H2,1-4H3,(H2,42,48)(H,43,50)(H,44,49). The van der Waals surface area contributed by atoms with Gasteiger partial charge >= 0.3 is 5.97 Å². The van der Waals surface area contributed by atoms with E-state index in [9.17, 15) is 34.0 Å². The summed E-state index contributed by atoms with van der Waals surface area (Å²) in [6, 6.07) is 21.7. The summed E-state index contributed by atoms with van der Waals surface area (Å²) >= 11 is 0. The average Bonchev–Trinajstić information content (AvgIpc) is 3.11. The molecule has 3 aromatic rings. The minimum Gasteiger partial charge on any atom is -0.461 e. The van der Waals surface area contributed by atoms with Crippen molar-refractivity contribution in [2.24, 2.45) is 29.4 Å². The van der Waals surface area contributed by atoms with E-state index in [1.165, 1.54) is 0 Å². The number of esters is 1. The number of rotatable bonds is 20. The van der Waals surface area contributed by atoms with Crippen molar-refractivity contribution in [2.75, 3.05) is 0 Å². The molecule has 51 heavy (non-hydrogen) atoms. The first-order chi connectivity index (χ1) is 24.3. The van der Waals surface area contributed by atoms with Crippen LogP contribution in [-0.4, -0.2) is 47.3 Å². The van der Waals surface area contributed by atoms with Crippen molar-refractivity contribution in [2.45, 2.75) is 84.9 Å². The molecule has 0 aliphatic rings. The summed E-state index contributed by atoms with van der Waals surface area (Å²) in [4.78, 5) is 78.9. The number of amides is 3. The van der Waals surface area contributed by atoms with E-state index in [0.717, 1.165) is 21.9 Å². The fraction of sp³-hybridized carbons (Fsp3) is 0.425. The lowest BCUT2D eigenvalue weighted by molar-refractivity contribution is -0.149. The molecule has 0 spiro atoms. The summed E-state index contributed by atoms with van der Waals surface area (Å²) in [7, 11) is 0. The van der Waals surface area contributed by atoms with Crippen LogP contribution in [-0.2, 0) is 46.5 Å². The maximum atomic E-state index is 13.6. The second-order valence-electron chi connectivity index (χ2n) is 13.5. The molecule has 0 saturated heterocycles. The van der Waals surface area contributed by atoms with E-state index in [0.29, 0.717) is 12.8 Å². The maximum Gasteiger partial charge on any atom is 0.306 e. The number of primary amides is 1. The number of benzene rings is 3. The van der Waals surface area contributed by atoms with Crippen LogP contribution in [0.25, 0.3) is 10.8 Å². The summed E-state index contributed by atoms with van der Waals surface area (Å²) in [6.45, 7) is 7.34. The van der Waals surface area contributed by atoms with Crippen molar-refractivity contribution < 1.29 is 33.5 Å². The Hall–Kier alpha value is -5.37. The molecule has 0 heterocycles. The Morgan fingerprint density at radius 1 is 0.824 bits per heavy atom. The minimum atomic E-state index is -1.38. The topological polar surface area (TPSA) is 186 Å². The number of Topliss-reactive ketones (excluding diaryl/α,β-unsaturated/α-hetero) is 2. The largest absolute Gasteiger partial charge is 0.461 e. The van der Waals surface area contributed by atoms with Crippen molar-refractivity contribution in [1.82, 2.24) is 10.6 Å². The molecule has 11 nitrogen and oxygen atoms in total. The lowest BCUT2D eigenvalue weighted by atomic mass is 9.89. The first-order valence-electron chi connectivity index (χ1n) is 17.3. The summed E-state index contributed by atoms with van der Waals surface area (Å²) in [6.07, 6.45) is -0.0969. The Labute approximate surface area is 299 Å². The number of hydrogen-bond acceptors (Lipinski definition) is 8. The predicted octanol–water partition coefficient (Wildman–Crippen LogP) is 4.74. The number of ketones is 2. The van der Waals surface area contributed by atoms with Crippen LogP contribution < -0.4 is 16.4 Å². The van der Waals surface area contributed by atoms with Gasteiger partial charge in [0.2, 0.25) is 17.6 Å². The lowest BCUT2D eigenvalue weighted by Crippen LogP contribution is -2.54. The normalized spacial score (nSPS) is 14.0. The van der Waals surface area contributed by atoms with Crippen LogP contribution in [0.4, 0.5) is 0 Å². The Morgan fingerprint density at radius 3 is 2.12 bits per heavy atom. The number of nitrogens with two attached hydrogens (primary N) is 1. The molecule has 0 aliphatic carbocycles. The number of carbonyl (C=O) groups excluding carboxylic acids is 6. The fourth-order valence-electron chi connectivity index (χ4n) is 5.84. The number of fused-ring (bicyclic) bond motifs is 1. The van der Waals surface area contributed by atoms with Crippen molar-refractivity contribution in [3.8, 4) is 6.07 Å². The van der Waals surface area contributed by atoms with Gasteiger partial charge in [-0.1, -0.05) is 107 Å². The van der Waals surface area contributed by atoms with E-state index in [1.54, 1.807) is 13.8 Å². The zero-order valence-electron chi connectivity index (χ0n) is 29.7. The number of nitrogens with one attached hydrogen (secondary N) is 2. The van der Waals surface area contributed by atoms with E-state index in [4.69, 9.17) is 10.5 Å². The summed E-state index contributed by atoms with van der Waals surface area (Å²) in [5, 5.41) is 16.5. The minimum absolute atomic E-state index is 0.0342. The van der Waals surface area contributed by atoms with Crippen LogP contribution in [0.5, 0.6) is 0 Å². The van der Waals surface area contributed by atoms with Gasteiger partial charge < -0.3 is 21.1 Å². The van der Waals surface area contributed by atoms with Gasteiger partial charge in [-0.05, 0) is 46.6 Å². The fourth-order valence-corrected chi connectivity index (χ4v) is 5.84. The van der Waals surface area contributed by atoms with Crippen molar-refractivity contribution in [3.63, 3.8) is 0 Å². The zero-order chi connectivity index (χ0) is 37.5. The first-order valence-corrected chi connectivity index (χ1v) is 17.3. The van der Waals surface area contributed by atoms with Crippen LogP contribution in [0.2, 0.25) is 0 Å². The first kappa shape index (κ1) is 40.1.